The zero-order chi connectivity index (χ0) is 14.5. The van der Waals surface area contributed by atoms with Crippen molar-refractivity contribution in [2.75, 3.05) is 19.8 Å². The molecule has 114 valence electrons. The summed E-state index contributed by atoms with van der Waals surface area (Å²) in [7, 11) is 0. The number of rotatable bonds is 7. The normalized spacial score (nSPS) is 24.4. The summed E-state index contributed by atoms with van der Waals surface area (Å²) in [6, 6.07) is -0.0269. The lowest BCUT2D eigenvalue weighted by Gasteiger charge is -2.31. The molecule has 1 heterocycles. The lowest BCUT2D eigenvalue weighted by Crippen LogP contribution is -2.47. The Morgan fingerprint density at radius 3 is 2.45 bits per heavy atom. The monoisotopic (exact) mass is 283 g/mol. The van der Waals surface area contributed by atoms with Gasteiger partial charge >= 0.3 is 11.9 Å². The molecular weight excluding hydrogens is 258 g/mol. The van der Waals surface area contributed by atoms with Gasteiger partial charge in [0.1, 0.15) is 6.04 Å². The van der Waals surface area contributed by atoms with E-state index in [1.807, 2.05) is 13.8 Å². The zero-order valence-corrected chi connectivity index (χ0v) is 12.5. The molecule has 0 bridgehead atoms. The average molecular weight is 283 g/mol. The minimum Gasteiger partial charge on any atom is -0.466 e. The summed E-state index contributed by atoms with van der Waals surface area (Å²) in [6.45, 7) is 5.36. The number of nitrogens with zero attached hydrogens (tertiary/aromatic N) is 1. The van der Waals surface area contributed by atoms with E-state index in [0.29, 0.717) is 25.6 Å². The number of carbonyl (C=O) groups excluding carboxylic acids is 2. The molecule has 0 aromatic carbocycles. The molecule has 0 radical (unpaired) electrons. The lowest BCUT2D eigenvalue weighted by molar-refractivity contribution is -0.153. The van der Waals surface area contributed by atoms with Gasteiger partial charge in [-0.1, -0.05) is 0 Å². The summed E-state index contributed by atoms with van der Waals surface area (Å²) in [5.41, 5.74) is 0. The van der Waals surface area contributed by atoms with Gasteiger partial charge in [0.2, 0.25) is 0 Å². The van der Waals surface area contributed by atoms with Crippen LogP contribution in [-0.4, -0.2) is 48.7 Å². The quantitative estimate of drug-likeness (QED) is 0.666. The molecular formula is C15H25NO4. The highest BCUT2D eigenvalue weighted by atomic mass is 16.5. The number of hydrogen-bond donors (Lipinski definition) is 0. The predicted octanol–water partition coefficient (Wildman–Crippen LogP) is 1.75. The molecule has 2 rings (SSSR count). The Kier molecular flexibility index (Phi) is 5.40. The molecule has 1 saturated heterocycles. The van der Waals surface area contributed by atoms with Gasteiger partial charge in [-0.05, 0) is 52.0 Å². The highest BCUT2D eigenvalue weighted by molar-refractivity contribution is 5.77. The molecule has 0 N–H and O–H groups in total. The van der Waals surface area contributed by atoms with E-state index in [1.165, 1.54) is 0 Å². The second-order valence-corrected chi connectivity index (χ2v) is 5.58. The smallest absolute Gasteiger partial charge is 0.323 e. The van der Waals surface area contributed by atoms with Crippen LogP contribution in [0.2, 0.25) is 0 Å². The van der Waals surface area contributed by atoms with Gasteiger partial charge in [0.05, 0.1) is 19.6 Å². The van der Waals surface area contributed by atoms with Gasteiger partial charge < -0.3 is 9.47 Å². The number of esters is 2. The Labute approximate surface area is 120 Å². The van der Waals surface area contributed by atoms with E-state index in [1.54, 1.807) is 0 Å². The van der Waals surface area contributed by atoms with Gasteiger partial charge in [-0.2, -0.15) is 0 Å². The summed E-state index contributed by atoms with van der Waals surface area (Å²) in [5, 5.41) is 0. The van der Waals surface area contributed by atoms with E-state index >= 15 is 0 Å². The van der Waals surface area contributed by atoms with E-state index < -0.39 is 0 Å². The largest absolute Gasteiger partial charge is 0.466 e. The first kappa shape index (κ1) is 15.3. The summed E-state index contributed by atoms with van der Waals surface area (Å²) >= 11 is 0. The van der Waals surface area contributed by atoms with E-state index in [-0.39, 0.29) is 24.0 Å². The Hall–Kier alpha value is -1.10. The number of carbonyl (C=O) groups is 2. The minimum atomic E-state index is -0.164. The Morgan fingerprint density at radius 2 is 1.85 bits per heavy atom. The van der Waals surface area contributed by atoms with E-state index in [9.17, 15) is 9.59 Å². The third-order valence-corrected chi connectivity index (χ3v) is 4.08. The molecule has 20 heavy (non-hydrogen) atoms. The second-order valence-electron chi connectivity index (χ2n) is 5.58. The first-order valence-corrected chi connectivity index (χ1v) is 7.75. The van der Waals surface area contributed by atoms with Crippen molar-refractivity contribution in [1.82, 2.24) is 4.90 Å². The summed E-state index contributed by atoms with van der Waals surface area (Å²) in [5.74, 6) is 0.130. The van der Waals surface area contributed by atoms with Crippen molar-refractivity contribution in [3.05, 3.63) is 0 Å². The highest BCUT2D eigenvalue weighted by Gasteiger charge is 2.45. The molecule has 2 atom stereocenters. The van der Waals surface area contributed by atoms with Crippen LogP contribution in [0, 0.1) is 5.92 Å². The van der Waals surface area contributed by atoms with E-state index in [0.717, 1.165) is 32.2 Å². The molecule has 1 aliphatic heterocycles. The Balaban J connectivity index is 1.99. The molecule has 5 nitrogen and oxygen atoms in total. The summed E-state index contributed by atoms with van der Waals surface area (Å²) < 4.78 is 10.3. The molecule has 0 aromatic heterocycles. The summed E-state index contributed by atoms with van der Waals surface area (Å²) in [6.07, 6.45) is 4.56. The second kappa shape index (κ2) is 7.07. The predicted molar refractivity (Wildman–Crippen MR) is 74.1 cm³/mol. The van der Waals surface area contributed by atoms with Gasteiger partial charge in [-0.3, -0.25) is 14.5 Å². The van der Waals surface area contributed by atoms with Gasteiger partial charge in [-0.15, -0.1) is 0 Å². The van der Waals surface area contributed by atoms with Crippen LogP contribution < -0.4 is 0 Å². The fourth-order valence-electron chi connectivity index (χ4n) is 3.09. The van der Waals surface area contributed by atoms with Gasteiger partial charge in [0.25, 0.3) is 0 Å². The number of likely N-dealkylation sites (tertiary alicyclic amines) is 1. The van der Waals surface area contributed by atoms with E-state index in [4.69, 9.17) is 9.47 Å². The Bertz CT molecular complexity index is 354. The van der Waals surface area contributed by atoms with Crippen molar-refractivity contribution in [3.8, 4) is 0 Å². The van der Waals surface area contributed by atoms with E-state index in [2.05, 4.69) is 4.90 Å². The van der Waals surface area contributed by atoms with Crippen LogP contribution >= 0.6 is 0 Å². The molecule has 1 aliphatic carbocycles. The lowest BCUT2D eigenvalue weighted by atomic mass is 10.1. The number of hydrogen-bond acceptors (Lipinski definition) is 5. The summed E-state index contributed by atoms with van der Waals surface area (Å²) in [4.78, 5) is 26.1. The van der Waals surface area contributed by atoms with Crippen LogP contribution in [0.1, 0.15) is 46.0 Å². The van der Waals surface area contributed by atoms with Crippen LogP contribution in [0.15, 0.2) is 0 Å². The van der Waals surface area contributed by atoms with Crippen molar-refractivity contribution < 1.29 is 19.1 Å². The third kappa shape index (κ3) is 3.72. The van der Waals surface area contributed by atoms with Crippen molar-refractivity contribution in [3.63, 3.8) is 0 Å². The van der Waals surface area contributed by atoms with Gasteiger partial charge in [0.15, 0.2) is 0 Å². The van der Waals surface area contributed by atoms with Gasteiger partial charge in [-0.25, -0.2) is 0 Å². The van der Waals surface area contributed by atoms with Crippen molar-refractivity contribution in [2.45, 2.75) is 58.0 Å². The van der Waals surface area contributed by atoms with Crippen molar-refractivity contribution in [2.24, 2.45) is 5.92 Å². The maximum Gasteiger partial charge on any atom is 0.323 e. The third-order valence-electron chi connectivity index (χ3n) is 4.08. The first-order valence-electron chi connectivity index (χ1n) is 7.75. The molecule has 0 amide bonds. The standard InChI is InChI=1S/C15H25NO4/c1-3-19-13(17)10-12-6-5-9-16(12)14(11-7-8-11)15(18)20-4-2/h11-12,14H,3-10H2,1-2H3/t12-,14?/m0/s1. The van der Waals surface area contributed by atoms with Crippen molar-refractivity contribution >= 4 is 11.9 Å². The fourth-order valence-corrected chi connectivity index (χ4v) is 3.09. The highest BCUT2D eigenvalue weighted by Crippen LogP contribution is 2.39. The van der Waals surface area contributed by atoms with Crippen LogP contribution in [0.3, 0.4) is 0 Å². The maximum absolute atomic E-state index is 12.2. The van der Waals surface area contributed by atoms with Crippen LogP contribution in [0.25, 0.3) is 0 Å². The molecule has 2 fully saturated rings. The molecule has 0 aromatic rings. The SMILES string of the molecule is CCOC(=O)C[C@@H]1CCCN1C(C(=O)OCC)C1CC1. The topological polar surface area (TPSA) is 55.8 Å². The molecule has 5 heteroatoms. The molecule has 2 aliphatic rings. The van der Waals surface area contributed by atoms with Gasteiger partial charge in [0, 0.05) is 6.04 Å². The molecule has 0 spiro atoms. The Morgan fingerprint density at radius 1 is 1.15 bits per heavy atom. The fraction of sp³-hybridized carbons (Fsp3) is 0.867. The minimum absolute atomic E-state index is 0.120. The molecule has 1 unspecified atom stereocenters. The maximum atomic E-state index is 12.2. The van der Waals surface area contributed by atoms with Crippen LogP contribution in [-0.2, 0) is 19.1 Å². The van der Waals surface area contributed by atoms with Crippen molar-refractivity contribution in [1.29, 1.82) is 0 Å². The van der Waals surface area contributed by atoms with Crippen LogP contribution in [0.5, 0.6) is 0 Å². The molecule has 1 saturated carbocycles. The number of ether oxygens (including phenoxy) is 2. The zero-order valence-electron chi connectivity index (χ0n) is 12.5. The first-order chi connectivity index (χ1) is 9.67. The van der Waals surface area contributed by atoms with Crippen LogP contribution in [0.4, 0.5) is 0 Å². The average Bonchev–Trinajstić information content (AvgIpc) is 3.12.